The second-order valence-corrected chi connectivity index (χ2v) is 6.04. The number of fused-ring (bicyclic) bond motifs is 1. The molecule has 0 bridgehead atoms. The van der Waals surface area contributed by atoms with Gasteiger partial charge in [-0.2, -0.15) is 0 Å². The van der Waals surface area contributed by atoms with E-state index in [-0.39, 0.29) is 0 Å². The number of anilines is 1. The van der Waals surface area contributed by atoms with Crippen molar-refractivity contribution >= 4 is 28.6 Å². The van der Waals surface area contributed by atoms with Crippen LogP contribution in [0.2, 0.25) is 0 Å². The Labute approximate surface area is 142 Å². The summed E-state index contributed by atoms with van der Waals surface area (Å²) in [5.41, 5.74) is 0.935. The van der Waals surface area contributed by atoms with Crippen LogP contribution in [0.15, 0.2) is 23.8 Å². The zero-order chi connectivity index (χ0) is 17.3. The van der Waals surface area contributed by atoms with E-state index in [0.717, 1.165) is 0 Å². The van der Waals surface area contributed by atoms with Crippen molar-refractivity contribution in [1.82, 2.24) is 19.5 Å². The first-order chi connectivity index (χ1) is 11.5. The lowest BCUT2D eigenvalue weighted by Gasteiger charge is -2.16. The number of hydrogen-bond acceptors (Lipinski definition) is 8. The predicted molar refractivity (Wildman–Crippen MR) is 86.4 cm³/mol. The Balaban J connectivity index is 1.90. The summed E-state index contributed by atoms with van der Waals surface area (Å²) in [7, 11) is 0. The largest absolute Gasteiger partial charge is 0.394 e. The van der Waals surface area contributed by atoms with Gasteiger partial charge in [-0.05, 0) is 6.92 Å². The zero-order valence-corrected chi connectivity index (χ0v) is 13.6. The average Bonchev–Trinajstić information content (AvgIpc) is 3.10. The molecule has 1 fully saturated rings. The Morgan fingerprint density at radius 3 is 2.83 bits per heavy atom. The van der Waals surface area contributed by atoms with E-state index in [9.17, 15) is 15.3 Å². The summed E-state index contributed by atoms with van der Waals surface area (Å²) in [6, 6.07) is 0. The number of hydrogen-bond donors (Lipinski definition) is 4. The number of nitrogens with zero attached hydrogens (tertiary/aromatic N) is 4. The molecular weight excluding hydrogens is 338 g/mol. The van der Waals surface area contributed by atoms with Gasteiger partial charge in [0.15, 0.2) is 23.2 Å². The summed E-state index contributed by atoms with van der Waals surface area (Å²) in [4.78, 5) is 12.6. The fourth-order valence-corrected chi connectivity index (χ4v) is 2.64. The summed E-state index contributed by atoms with van der Waals surface area (Å²) < 4.78 is 7.01. The third kappa shape index (κ3) is 3.08. The molecule has 2 aromatic rings. The number of allylic oxidation sites excluding steroid dienone is 1. The van der Waals surface area contributed by atoms with Gasteiger partial charge in [-0.3, -0.25) is 4.57 Å². The van der Waals surface area contributed by atoms with Crippen molar-refractivity contribution in [3.8, 4) is 0 Å². The van der Waals surface area contributed by atoms with Gasteiger partial charge in [0.05, 0.1) is 12.9 Å². The molecule has 0 amide bonds. The summed E-state index contributed by atoms with van der Waals surface area (Å²) >= 11 is 5.79. The van der Waals surface area contributed by atoms with Crippen molar-refractivity contribution in [3.63, 3.8) is 0 Å². The zero-order valence-electron chi connectivity index (χ0n) is 12.9. The molecule has 3 rings (SSSR count). The molecule has 24 heavy (non-hydrogen) atoms. The standard InChI is InChI=1S/C14H18ClN5O4/c1-7(15)2-3-16-12-9-13(18-5-17-12)20(6-19-9)14-11(23)10(22)8(4-21)24-14/h2,5-6,8,10-11,14,21-23H,3-4H2,1H3,(H,16,17,18)/b7-2-. The van der Waals surface area contributed by atoms with Gasteiger partial charge < -0.3 is 25.4 Å². The van der Waals surface area contributed by atoms with Gasteiger partial charge >= 0.3 is 0 Å². The lowest BCUT2D eigenvalue weighted by atomic mass is 10.1. The van der Waals surface area contributed by atoms with E-state index in [2.05, 4.69) is 20.3 Å². The molecule has 3 heterocycles. The van der Waals surface area contributed by atoms with E-state index in [1.165, 1.54) is 17.2 Å². The van der Waals surface area contributed by atoms with E-state index in [1.54, 1.807) is 13.0 Å². The normalized spacial score (nSPS) is 27.8. The van der Waals surface area contributed by atoms with Crippen LogP contribution in [0.4, 0.5) is 5.82 Å². The first-order valence-corrected chi connectivity index (χ1v) is 7.77. The number of halogens is 1. The Morgan fingerprint density at radius 1 is 1.38 bits per heavy atom. The SMILES string of the molecule is C/C(Cl)=C/CNc1ncnc2c1ncn2C1OC(CO)C(O)C1O. The highest BCUT2D eigenvalue weighted by molar-refractivity contribution is 6.29. The Kier molecular flexibility index (Phi) is 4.97. The molecule has 1 aliphatic heterocycles. The maximum absolute atomic E-state index is 10.1. The maximum Gasteiger partial charge on any atom is 0.167 e. The van der Waals surface area contributed by atoms with Gasteiger partial charge in [0.1, 0.15) is 24.6 Å². The van der Waals surface area contributed by atoms with Crippen molar-refractivity contribution in [2.24, 2.45) is 0 Å². The molecule has 0 radical (unpaired) electrons. The van der Waals surface area contributed by atoms with Gasteiger partial charge in [-0.25, -0.2) is 15.0 Å². The van der Waals surface area contributed by atoms with Gasteiger partial charge in [0.25, 0.3) is 0 Å². The van der Waals surface area contributed by atoms with Crippen molar-refractivity contribution in [1.29, 1.82) is 0 Å². The number of aromatic nitrogens is 4. The molecule has 0 aromatic carbocycles. The third-order valence-corrected chi connectivity index (χ3v) is 3.96. The number of imidazole rings is 1. The highest BCUT2D eigenvalue weighted by atomic mass is 35.5. The molecule has 2 aromatic heterocycles. The van der Waals surface area contributed by atoms with Gasteiger partial charge in [-0.1, -0.05) is 17.7 Å². The minimum atomic E-state index is -1.20. The van der Waals surface area contributed by atoms with Crippen molar-refractivity contribution in [2.75, 3.05) is 18.5 Å². The molecular formula is C14H18ClN5O4. The van der Waals surface area contributed by atoms with Crippen LogP contribution in [0.25, 0.3) is 11.2 Å². The molecule has 9 nitrogen and oxygen atoms in total. The average molecular weight is 356 g/mol. The minimum absolute atomic E-state index is 0.396. The van der Waals surface area contributed by atoms with Crippen LogP contribution >= 0.6 is 11.6 Å². The molecule has 10 heteroatoms. The van der Waals surface area contributed by atoms with Gasteiger partial charge in [-0.15, -0.1) is 0 Å². The molecule has 4 N–H and O–H groups in total. The fourth-order valence-electron chi connectivity index (χ4n) is 2.57. The number of rotatable bonds is 5. The van der Waals surface area contributed by atoms with E-state index in [4.69, 9.17) is 16.3 Å². The minimum Gasteiger partial charge on any atom is -0.394 e. The number of aliphatic hydroxyl groups is 3. The quantitative estimate of drug-likeness (QED) is 0.590. The first-order valence-electron chi connectivity index (χ1n) is 7.39. The second kappa shape index (κ2) is 6.99. The van der Waals surface area contributed by atoms with Crippen molar-refractivity contribution < 1.29 is 20.1 Å². The van der Waals surface area contributed by atoms with E-state index < -0.39 is 31.1 Å². The maximum atomic E-state index is 10.1. The number of ether oxygens (including phenoxy) is 1. The van der Waals surface area contributed by atoms with Gasteiger partial charge in [0, 0.05) is 11.6 Å². The fraction of sp³-hybridized carbons (Fsp3) is 0.500. The second-order valence-electron chi connectivity index (χ2n) is 5.45. The molecule has 4 unspecified atom stereocenters. The van der Waals surface area contributed by atoms with E-state index >= 15 is 0 Å². The number of aliphatic hydroxyl groups excluding tert-OH is 3. The Morgan fingerprint density at radius 2 is 2.17 bits per heavy atom. The molecule has 1 aliphatic rings. The molecule has 4 atom stereocenters. The van der Waals surface area contributed by atoms with Crippen LogP contribution in [0, 0.1) is 0 Å². The molecule has 0 spiro atoms. The topological polar surface area (TPSA) is 126 Å². The third-order valence-electron chi connectivity index (χ3n) is 3.80. The molecule has 130 valence electrons. The van der Waals surface area contributed by atoms with Crippen LogP contribution in [-0.2, 0) is 4.74 Å². The predicted octanol–water partition coefficient (Wildman–Crippen LogP) is -0.00770. The summed E-state index contributed by atoms with van der Waals surface area (Å²) in [6.07, 6.45) is 0.461. The lowest BCUT2D eigenvalue weighted by Crippen LogP contribution is -2.33. The van der Waals surface area contributed by atoms with Gasteiger partial charge in [0.2, 0.25) is 0 Å². The molecule has 0 aliphatic carbocycles. The van der Waals surface area contributed by atoms with Crippen LogP contribution in [0.3, 0.4) is 0 Å². The summed E-state index contributed by atoms with van der Waals surface area (Å²) in [6.45, 7) is 1.85. The Hall–Kier alpha value is -1.78. The van der Waals surface area contributed by atoms with Crippen LogP contribution < -0.4 is 5.32 Å². The van der Waals surface area contributed by atoms with Crippen molar-refractivity contribution in [3.05, 3.63) is 23.8 Å². The highest BCUT2D eigenvalue weighted by Gasteiger charge is 2.43. The molecule has 0 saturated carbocycles. The summed E-state index contributed by atoms with van der Waals surface area (Å²) in [5.74, 6) is 0.514. The van der Waals surface area contributed by atoms with Crippen LogP contribution in [0.1, 0.15) is 13.2 Å². The number of nitrogens with one attached hydrogen (secondary N) is 1. The Bertz CT molecular complexity index is 748. The molecule has 1 saturated heterocycles. The van der Waals surface area contributed by atoms with Crippen molar-refractivity contribution in [2.45, 2.75) is 31.5 Å². The lowest BCUT2D eigenvalue weighted by molar-refractivity contribution is -0.0511. The first kappa shape index (κ1) is 17.1. The smallest absolute Gasteiger partial charge is 0.167 e. The van der Waals surface area contributed by atoms with E-state index in [1.807, 2.05) is 0 Å². The van der Waals surface area contributed by atoms with E-state index in [0.29, 0.717) is 28.6 Å². The van der Waals surface area contributed by atoms with Crippen LogP contribution in [0.5, 0.6) is 0 Å². The monoisotopic (exact) mass is 355 g/mol. The highest BCUT2D eigenvalue weighted by Crippen LogP contribution is 2.31. The van der Waals surface area contributed by atoms with Crippen LogP contribution in [-0.4, -0.2) is 66.3 Å². The summed E-state index contributed by atoms with van der Waals surface area (Å²) in [5, 5.41) is 33.0.